The highest BCUT2D eigenvalue weighted by Gasteiger charge is 2.22. The highest BCUT2D eigenvalue weighted by atomic mass is 127. The quantitative estimate of drug-likeness (QED) is 0.391. The van der Waals surface area contributed by atoms with Crippen molar-refractivity contribution in [2.75, 3.05) is 4.43 Å². The first-order valence-corrected chi connectivity index (χ1v) is 7.53. The van der Waals surface area contributed by atoms with Crippen molar-refractivity contribution < 1.29 is 0 Å². The normalized spacial score (nSPS) is 25.6. The molecule has 0 bridgehead atoms. The summed E-state index contributed by atoms with van der Waals surface area (Å²) in [5.74, 6) is 0.594. The van der Waals surface area contributed by atoms with E-state index < -0.39 is 0 Å². The van der Waals surface area contributed by atoms with Crippen molar-refractivity contribution in [3.05, 3.63) is 48.2 Å². The zero-order valence-corrected chi connectivity index (χ0v) is 12.6. The summed E-state index contributed by atoms with van der Waals surface area (Å²) in [5, 5.41) is 0. The van der Waals surface area contributed by atoms with Crippen molar-refractivity contribution in [1.82, 2.24) is 3.11 Å². The van der Waals surface area contributed by atoms with Crippen LogP contribution in [0.2, 0.25) is 0 Å². The first kappa shape index (κ1) is 11.7. The van der Waals surface area contributed by atoms with E-state index >= 15 is 0 Å². The predicted octanol–water partition coefficient (Wildman–Crippen LogP) is 4.14. The largest absolute Gasteiger partial charge is 0.318 e. The fourth-order valence-electron chi connectivity index (χ4n) is 1.86. The molecule has 0 saturated carbocycles. The minimum absolute atomic E-state index is 0.594. The molecule has 2 unspecified atom stereocenters. The van der Waals surface area contributed by atoms with Gasteiger partial charge in [-0.05, 0) is 12.0 Å². The molecule has 3 heteroatoms. The minimum atomic E-state index is 0.594. The van der Waals surface area contributed by atoms with E-state index in [0.717, 1.165) is 0 Å². The van der Waals surface area contributed by atoms with Crippen molar-refractivity contribution in [3.63, 3.8) is 0 Å². The van der Waals surface area contributed by atoms with Gasteiger partial charge in [0.05, 0.1) is 22.9 Å². The monoisotopic (exact) mass is 425 g/mol. The van der Waals surface area contributed by atoms with E-state index in [9.17, 15) is 0 Å². The summed E-state index contributed by atoms with van der Waals surface area (Å²) in [5.41, 5.74) is 1.44. The van der Waals surface area contributed by atoms with E-state index in [-0.39, 0.29) is 0 Å². The van der Waals surface area contributed by atoms with Crippen LogP contribution in [-0.2, 0) is 0 Å². The molecule has 15 heavy (non-hydrogen) atoms. The molecule has 0 saturated heterocycles. The maximum absolute atomic E-state index is 2.47. The molecule has 0 aliphatic carbocycles. The highest BCUT2D eigenvalue weighted by molar-refractivity contribution is 14.1. The van der Waals surface area contributed by atoms with E-state index in [2.05, 4.69) is 91.2 Å². The molecule has 1 nitrogen and oxygen atoms in total. The highest BCUT2D eigenvalue weighted by Crippen LogP contribution is 2.31. The number of halogens is 2. The Hall–Kier alpha value is 0.220. The number of hydrogen-bond acceptors (Lipinski definition) is 1. The number of rotatable bonds is 2. The Morgan fingerprint density at radius 2 is 2.00 bits per heavy atom. The van der Waals surface area contributed by atoms with Crippen molar-refractivity contribution in [2.45, 2.75) is 18.4 Å². The average Bonchev–Trinajstić information content (AvgIpc) is 2.31. The van der Waals surface area contributed by atoms with Crippen molar-refractivity contribution in [1.29, 1.82) is 0 Å². The molecule has 0 fully saturated rings. The zero-order chi connectivity index (χ0) is 10.7. The van der Waals surface area contributed by atoms with Crippen LogP contribution < -0.4 is 0 Å². The predicted molar refractivity (Wildman–Crippen MR) is 81.5 cm³/mol. The van der Waals surface area contributed by atoms with Gasteiger partial charge < -0.3 is 3.11 Å². The lowest BCUT2D eigenvalue weighted by atomic mass is 9.91. The third-order valence-corrected chi connectivity index (χ3v) is 4.87. The molecule has 1 aliphatic heterocycles. The molecule has 2 atom stereocenters. The SMILES string of the molecule is ICC1CC(c2ccccc2)C=CN1I. The molecule has 1 aliphatic rings. The van der Waals surface area contributed by atoms with Crippen molar-refractivity contribution in [3.8, 4) is 0 Å². The van der Waals surface area contributed by atoms with Crippen molar-refractivity contribution >= 4 is 45.5 Å². The molecule has 2 rings (SSSR count). The van der Waals surface area contributed by atoms with Crippen LogP contribution in [0.1, 0.15) is 17.9 Å². The Balaban J connectivity index is 2.16. The van der Waals surface area contributed by atoms with Crippen LogP contribution >= 0.6 is 45.5 Å². The van der Waals surface area contributed by atoms with Gasteiger partial charge >= 0.3 is 0 Å². The molecule has 0 aromatic heterocycles. The molecule has 1 aromatic rings. The zero-order valence-electron chi connectivity index (χ0n) is 8.31. The lowest BCUT2D eigenvalue weighted by molar-refractivity contribution is 0.439. The van der Waals surface area contributed by atoms with Gasteiger partial charge in [-0.3, -0.25) is 0 Å². The number of allylic oxidation sites excluding steroid dienone is 1. The lowest BCUT2D eigenvalue weighted by Gasteiger charge is -2.31. The molecular formula is C12H13I2N. The molecule has 0 N–H and O–H groups in total. The Labute approximate surface area is 119 Å². The first-order chi connectivity index (χ1) is 7.31. The van der Waals surface area contributed by atoms with Crippen LogP contribution in [0.5, 0.6) is 0 Å². The summed E-state index contributed by atoms with van der Waals surface area (Å²) in [6.45, 7) is 0. The Kier molecular flexibility index (Phi) is 4.30. The average molecular weight is 425 g/mol. The van der Waals surface area contributed by atoms with E-state index in [4.69, 9.17) is 0 Å². The molecule has 1 aromatic carbocycles. The summed E-state index contributed by atoms with van der Waals surface area (Å²) < 4.78 is 3.48. The standard InChI is InChI=1S/C12H13I2N/c13-9-12-8-11(6-7-15(12)14)10-4-2-1-3-5-10/h1-7,11-12H,8-9H2. The molecule has 0 spiro atoms. The minimum Gasteiger partial charge on any atom is -0.318 e. The number of benzene rings is 1. The van der Waals surface area contributed by atoms with Crippen LogP contribution in [0.25, 0.3) is 0 Å². The third-order valence-electron chi connectivity index (χ3n) is 2.74. The van der Waals surface area contributed by atoms with E-state index in [0.29, 0.717) is 12.0 Å². The molecule has 80 valence electrons. The molecule has 1 heterocycles. The summed E-state index contributed by atoms with van der Waals surface area (Å²) >= 11 is 4.86. The summed E-state index contributed by atoms with van der Waals surface area (Å²) in [7, 11) is 0. The fourth-order valence-corrected chi connectivity index (χ4v) is 4.00. The summed E-state index contributed by atoms with van der Waals surface area (Å²) in [4.78, 5) is 0. The van der Waals surface area contributed by atoms with Crippen molar-refractivity contribution in [2.24, 2.45) is 0 Å². The Morgan fingerprint density at radius 3 is 2.67 bits per heavy atom. The summed E-state index contributed by atoms with van der Waals surface area (Å²) in [6, 6.07) is 11.4. The smallest absolute Gasteiger partial charge is 0.0589 e. The molecule has 0 amide bonds. The van der Waals surface area contributed by atoms with Crippen LogP contribution in [0.4, 0.5) is 0 Å². The number of hydrogen-bond donors (Lipinski definition) is 0. The second kappa shape index (κ2) is 5.52. The molecular weight excluding hydrogens is 412 g/mol. The maximum atomic E-state index is 2.47. The third kappa shape index (κ3) is 2.87. The van der Waals surface area contributed by atoms with Gasteiger partial charge in [0.25, 0.3) is 0 Å². The van der Waals surface area contributed by atoms with Crippen LogP contribution in [0.3, 0.4) is 0 Å². The Bertz CT molecular complexity index is 337. The number of nitrogens with zero attached hydrogens (tertiary/aromatic N) is 1. The number of alkyl halides is 1. The van der Waals surface area contributed by atoms with E-state index in [1.54, 1.807) is 0 Å². The summed E-state index contributed by atoms with van der Waals surface area (Å²) in [6.07, 6.45) is 5.75. The lowest BCUT2D eigenvalue weighted by Crippen LogP contribution is -2.29. The van der Waals surface area contributed by atoms with E-state index in [1.807, 2.05) is 0 Å². The molecule has 0 radical (unpaired) electrons. The van der Waals surface area contributed by atoms with Gasteiger partial charge in [0.2, 0.25) is 0 Å². The van der Waals surface area contributed by atoms with Gasteiger partial charge in [0.15, 0.2) is 0 Å². The van der Waals surface area contributed by atoms with Gasteiger partial charge in [0.1, 0.15) is 0 Å². The maximum Gasteiger partial charge on any atom is 0.0589 e. The first-order valence-electron chi connectivity index (χ1n) is 5.04. The second-order valence-electron chi connectivity index (χ2n) is 3.75. The van der Waals surface area contributed by atoms with Gasteiger partial charge in [-0.15, -0.1) is 0 Å². The van der Waals surface area contributed by atoms with Gasteiger partial charge in [0, 0.05) is 22.6 Å². The fraction of sp³-hybridized carbons (Fsp3) is 0.333. The second-order valence-corrected chi connectivity index (χ2v) is 5.74. The van der Waals surface area contributed by atoms with Crippen LogP contribution in [0, 0.1) is 0 Å². The van der Waals surface area contributed by atoms with E-state index in [1.165, 1.54) is 16.4 Å². The van der Waals surface area contributed by atoms with Crippen LogP contribution in [-0.4, -0.2) is 13.6 Å². The van der Waals surface area contributed by atoms with Crippen LogP contribution in [0.15, 0.2) is 42.6 Å². The Morgan fingerprint density at radius 1 is 1.27 bits per heavy atom. The van der Waals surface area contributed by atoms with Gasteiger partial charge in [-0.1, -0.05) is 59.0 Å². The van der Waals surface area contributed by atoms with Gasteiger partial charge in [-0.25, -0.2) is 0 Å². The van der Waals surface area contributed by atoms with Gasteiger partial charge in [-0.2, -0.15) is 0 Å². The topological polar surface area (TPSA) is 3.24 Å².